The van der Waals surface area contributed by atoms with Gasteiger partial charge in [-0.1, -0.05) is 42.5 Å². The van der Waals surface area contributed by atoms with Crippen LogP contribution in [0.25, 0.3) is 10.8 Å². The monoisotopic (exact) mass is 326 g/mol. The lowest BCUT2D eigenvalue weighted by atomic mass is 9.80. The number of benzene rings is 2. The van der Waals surface area contributed by atoms with Gasteiger partial charge in [-0.3, -0.25) is 9.59 Å². The molecule has 1 fully saturated rings. The molecule has 2 aromatic carbocycles. The normalized spacial score (nSPS) is 15.5. The maximum atomic E-state index is 12.1. The van der Waals surface area contributed by atoms with Crippen LogP contribution in [0.15, 0.2) is 42.5 Å². The highest BCUT2D eigenvalue weighted by Crippen LogP contribution is 2.30. The Morgan fingerprint density at radius 1 is 1.00 bits per heavy atom. The number of carbonyl (C=O) groups is 2. The van der Waals surface area contributed by atoms with Gasteiger partial charge >= 0.3 is 0 Å². The van der Waals surface area contributed by atoms with Crippen LogP contribution in [0.1, 0.15) is 24.8 Å². The molecular weight excluding hydrogens is 304 g/mol. The quantitative estimate of drug-likeness (QED) is 0.753. The van der Waals surface area contributed by atoms with Crippen molar-refractivity contribution < 1.29 is 14.7 Å². The third-order valence-electron chi connectivity index (χ3n) is 4.58. The molecule has 5 heteroatoms. The summed E-state index contributed by atoms with van der Waals surface area (Å²) in [6, 6.07) is 13.8. The Labute approximate surface area is 141 Å². The van der Waals surface area contributed by atoms with Crippen molar-refractivity contribution in [2.24, 2.45) is 0 Å². The zero-order chi connectivity index (χ0) is 17.0. The van der Waals surface area contributed by atoms with Gasteiger partial charge in [0.05, 0.1) is 18.6 Å². The zero-order valence-electron chi connectivity index (χ0n) is 13.5. The van der Waals surface area contributed by atoms with E-state index >= 15 is 0 Å². The van der Waals surface area contributed by atoms with Crippen LogP contribution < -0.4 is 10.6 Å². The maximum absolute atomic E-state index is 12.1. The largest absolute Gasteiger partial charge is 0.388 e. The van der Waals surface area contributed by atoms with E-state index in [0.29, 0.717) is 0 Å². The lowest BCUT2D eigenvalue weighted by Gasteiger charge is -2.36. The first-order valence-electron chi connectivity index (χ1n) is 8.28. The van der Waals surface area contributed by atoms with Crippen molar-refractivity contribution in [2.75, 3.05) is 13.1 Å². The van der Waals surface area contributed by atoms with Crippen LogP contribution in [0.4, 0.5) is 0 Å². The lowest BCUT2D eigenvalue weighted by molar-refractivity contribution is -0.127. The molecule has 0 heterocycles. The topological polar surface area (TPSA) is 78.4 Å². The number of aliphatic hydroxyl groups is 1. The molecule has 0 atom stereocenters. The van der Waals surface area contributed by atoms with Crippen molar-refractivity contribution in [1.82, 2.24) is 10.6 Å². The minimum atomic E-state index is -0.747. The van der Waals surface area contributed by atoms with E-state index in [1.165, 1.54) is 0 Å². The molecule has 5 nitrogen and oxygen atoms in total. The fourth-order valence-corrected chi connectivity index (χ4v) is 2.95. The molecule has 2 aromatic rings. The summed E-state index contributed by atoms with van der Waals surface area (Å²) in [5.41, 5.74) is 0.192. The Morgan fingerprint density at radius 2 is 1.75 bits per heavy atom. The minimum absolute atomic E-state index is 0.0698. The summed E-state index contributed by atoms with van der Waals surface area (Å²) in [5, 5.41) is 17.4. The summed E-state index contributed by atoms with van der Waals surface area (Å²) in [5.74, 6) is -0.467. The van der Waals surface area contributed by atoms with Gasteiger partial charge in [0, 0.05) is 6.54 Å². The molecule has 0 radical (unpaired) electrons. The third-order valence-corrected chi connectivity index (χ3v) is 4.58. The van der Waals surface area contributed by atoms with Crippen molar-refractivity contribution >= 4 is 22.6 Å². The SMILES string of the molecule is O=C(CNC(=O)Cc1cccc2ccccc12)NCC1(O)CCC1. The number of nitrogens with one attached hydrogen (secondary N) is 2. The number of amides is 2. The highest BCUT2D eigenvalue weighted by Gasteiger charge is 2.34. The number of hydrogen-bond donors (Lipinski definition) is 3. The fourth-order valence-electron chi connectivity index (χ4n) is 2.95. The Hall–Kier alpha value is -2.40. The Morgan fingerprint density at radius 3 is 2.50 bits per heavy atom. The first kappa shape index (κ1) is 16.5. The summed E-state index contributed by atoms with van der Waals surface area (Å²) in [6.45, 7) is 0.185. The van der Waals surface area contributed by atoms with Crippen LogP contribution in [-0.4, -0.2) is 35.6 Å². The Balaban J connectivity index is 1.49. The summed E-state index contributed by atoms with van der Waals surface area (Å²) in [7, 11) is 0. The third kappa shape index (κ3) is 3.92. The minimum Gasteiger partial charge on any atom is -0.388 e. The second-order valence-electron chi connectivity index (χ2n) is 6.45. The van der Waals surface area contributed by atoms with Crippen molar-refractivity contribution in [3.63, 3.8) is 0 Å². The standard InChI is InChI=1S/C19H22N2O3/c22-17(20-12-18(23)21-13-19(24)9-4-10-19)11-15-7-3-6-14-5-1-2-8-16(14)15/h1-3,5-8,24H,4,9-13H2,(H,20,22)(H,21,23). The van der Waals surface area contributed by atoms with Crippen LogP contribution in [0.2, 0.25) is 0 Å². The van der Waals surface area contributed by atoms with Gasteiger partial charge in [-0.15, -0.1) is 0 Å². The van der Waals surface area contributed by atoms with Crippen molar-refractivity contribution in [3.05, 3.63) is 48.0 Å². The Kier molecular flexibility index (Phi) is 4.81. The van der Waals surface area contributed by atoms with E-state index in [1.807, 2.05) is 42.5 Å². The first-order chi connectivity index (χ1) is 11.6. The molecule has 0 aliphatic heterocycles. The summed E-state index contributed by atoms with van der Waals surface area (Å²) >= 11 is 0. The molecule has 3 N–H and O–H groups in total. The zero-order valence-corrected chi connectivity index (χ0v) is 13.5. The van der Waals surface area contributed by atoms with Gasteiger partial charge in [0.1, 0.15) is 0 Å². The van der Waals surface area contributed by atoms with Gasteiger partial charge in [-0.25, -0.2) is 0 Å². The lowest BCUT2D eigenvalue weighted by Crippen LogP contribution is -2.49. The second-order valence-corrected chi connectivity index (χ2v) is 6.45. The molecular formula is C19H22N2O3. The Bertz CT molecular complexity index is 748. The van der Waals surface area contributed by atoms with Gasteiger partial charge in [0.15, 0.2) is 0 Å². The van der Waals surface area contributed by atoms with Gasteiger partial charge in [-0.05, 0) is 35.6 Å². The molecule has 3 rings (SSSR count). The van der Waals surface area contributed by atoms with Gasteiger partial charge < -0.3 is 15.7 Å². The second kappa shape index (κ2) is 7.01. The van der Waals surface area contributed by atoms with Gasteiger partial charge in [0.25, 0.3) is 0 Å². The number of hydrogen-bond acceptors (Lipinski definition) is 3. The fraction of sp³-hybridized carbons (Fsp3) is 0.368. The number of rotatable bonds is 6. The van der Waals surface area contributed by atoms with Crippen LogP contribution >= 0.6 is 0 Å². The maximum Gasteiger partial charge on any atom is 0.239 e. The average molecular weight is 326 g/mol. The van der Waals surface area contributed by atoms with E-state index in [1.54, 1.807) is 0 Å². The molecule has 1 saturated carbocycles. The van der Waals surface area contributed by atoms with E-state index in [9.17, 15) is 14.7 Å². The molecule has 0 unspecified atom stereocenters. The van der Waals surface area contributed by atoms with Crippen LogP contribution in [0.5, 0.6) is 0 Å². The first-order valence-corrected chi connectivity index (χ1v) is 8.28. The number of fused-ring (bicyclic) bond motifs is 1. The molecule has 0 saturated heterocycles. The number of carbonyl (C=O) groups excluding carboxylic acids is 2. The van der Waals surface area contributed by atoms with Crippen LogP contribution in [0.3, 0.4) is 0 Å². The van der Waals surface area contributed by atoms with E-state index in [-0.39, 0.29) is 31.3 Å². The molecule has 24 heavy (non-hydrogen) atoms. The van der Waals surface area contributed by atoms with E-state index < -0.39 is 5.60 Å². The predicted molar refractivity (Wildman–Crippen MR) is 92.5 cm³/mol. The van der Waals surface area contributed by atoms with Crippen molar-refractivity contribution in [3.8, 4) is 0 Å². The smallest absolute Gasteiger partial charge is 0.239 e. The van der Waals surface area contributed by atoms with E-state index in [4.69, 9.17) is 0 Å². The highest BCUT2D eigenvalue weighted by molar-refractivity contribution is 5.91. The predicted octanol–water partition coefficient (Wildman–Crippen LogP) is 1.53. The van der Waals surface area contributed by atoms with E-state index in [0.717, 1.165) is 35.6 Å². The molecule has 126 valence electrons. The molecule has 0 spiro atoms. The molecule has 0 bridgehead atoms. The molecule has 1 aliphatic rings. The van der Waals surface area contributed by atoms with E-state index in [2.05, 4.69) is 10.6 Å². The summed E-state index contributed by atoms with van der Waals surface area (Å²) in [4.78, 5) is 23.9. The molecule has 2 amide bonds. The van der Waals surface area contributed by atoms with Crippen LogP contribution in [-0.2, 0) is 16.0 Å². The summed E-state index contributed by atoms with van der Waals surface area (Å²) in [6.07, 6.45) is 2.67. The molecule has 1 aliphatic carbocycles. The summed E-state index contributed by atoms with van der Waals surface area (Å²) < 4.78 is 0. The highest BCUT2D eigenvalue weighted by atomic mass is 16.3. The average Bonchev–Trinajstić information content (AvgIpc) is 2.57. The van der Waals surface area contributed by atoms with Gasteiger partial charge in [-0.2, -0.15) is 0 Å². The molecule has 0 aromatic heterocycles. The van der Waals surface area contributed by atoms with Crippen molar-refractivity contribution in [1.29, 1.82) is 0 Å². The van der Waals surface area contributed by atoms with Gasteiger partial charge in [0.2, 0.25) is 11.8 Å². The van der Waals surface area contributed by atoms with Crippen molar-refractivity contribution in [2.45, 2.75) is 31.3 Å². The van der Waals surface area contributed by atoms with Crippen LogP contribution in [0, 0.1) is 0 Å².